The molecular formula is C23H30. The maximum Gasteiger partial charge on any atom is -0.0109 e. The molecule has 0 saturated heterocycles. The Bertz CT molecular complexity index is 554. The Kier molecular flexibility index (Phi) is 7.74. The molecule has 0 radical (unpaired) electrons. The van der Waals surface area contributed by atoms with Crippen molar-refractivity contribution in [3.05, 3.63) is 53.6 Å². The van der Waals surface area contributed by atoms with E-state index in [4.69, 9.17) is 0 Å². The molecule has 0 amide bonds. The molecule has 0 aromatic heterocycles. The summed E-state index contributed by atoms with van der Waals surface area (Å²) in [6.45, 7) is 4.48. The first-order valence-electron chi connectivity index (χ1n) is 9.25. The fourth-order valence-electron chi connectivity index (χ4n) is 3.36. The van der Waals surface area contributed by atoms with Crippen LogP contribution < -0.4 is 0 Å². The quantitative estimate of drug-likeness (QED) is 0.550. The second-order valence-corrected chi connectivity index (χ2v) is 6.65. The van der Waals surface area contributed by atoms with Crippen LogP contribution in [0, 0.1) is 23.7 Å². The van der Waals surface area contributed by atoms with Crippen LogP contribution in [0.1, 0.15) is 63.5 Å². The molecule has 0 heteroatoms. The first-order valence-corrected chi connectivity index (χ1v) is 9.25. The molecule has 1 saturated carbocycles. The third-order valence-corrected chi connectivity index (χ3v) is 4.87. The van der Waals surface area contributed by atoms with E-state index in [2.05, 4.69) is 68.2 Å². The van der Waals surface area contributed by atoms with Crippen LogP contribution in [0.25, 0.3) is 6.08 Å². The van der Waals surface area contributed by atoms with Crippen molar-refractivity contribution < 1.29 is 0 Å². The molecular weight excluding hydrogens is 276 g/mol. The van der Waals surface area contributed by atoms with E-state index in [9.17, 15) is 0 Å². The molecule has 2 rings (SSSR count). The Morgan fingerprint density at radius 2 is 1.65 bits per heavy atom. The van der Waals surface area contributed by atoms with Crippen molar-refractivity contribution in [2.24, 2.45) is 11.8 Å². The van der Waals surface area contributed by atoms with Gasteiger partial charge in [0.25, 0.3) is 0 Å². The van der Waals surface area contributed by atoms with Gasteiger partial charge in [0.1, 0.15) is 0 Å². The topological polar surface area (TPSA) is 0 Å². The third-order valence-electron chi connectivity index (χ3n) is 4.87. The minimum atomic E-state index is 0.753. The van der Waals surface area contributed by atoms with Crippen LogP contribution in [0.2, 0.25) is 0 Å². The maximum absolute atomic E-state index is 3.14. The van der Waals surface area contributed by atoms with Crippen molar-refractivity contribution >= 4 is 6.08 Å². The van der Waals surface area contributed by atoms with Crippen molar-refractivity contribution in [2.45, 2.75) is 58.8 Å². The smallest absolute Gasteiger partial charge is 0.0109 e. The Morgan fingerprint density at radius 3 is 2.30 bits per heavy atom. The molecule has 0 nitrogen and oxygen atoms in total. The lowest BCUT2D eigenvalue weighted by Gasteiger charge is -2.26. The highest BCUT2D eigenvalue weighted by Gasteiger charge is 2.18. The molecule has 1 fully saturated rings. The molecule has 0 atom stereocenters. The number of hydrogen-bond donors (Lipinski definition) is 0. The van der Waals surface area contributed by atoms with Gasteiger partial charge in [-0.3, -0.25) is 0 Å². The summed E-state index contributed by atoms with van der Waals surface area (Å²) >= 11 is 0. The maximum atomic E-state index is 3.14. The van der Waals surface area contributed by atoms with Gasteiger partial charge in [0, 0.05) is 0 Å². The van der Waals surface area contributed by atoms with Crippen LogP contribution in [0.4, 0.5) is 0 Å². The number of rotatable bonds is 5. The van der Waals surface area contributed by atoms with Crippen molar-refractivity contribution in [1.82, 2.24) is 0 Å². The lowest BCUT2D eigenvalue weighted by molar-refractivity contribution is 0.294. The summed E-state index contributed by atoms with van der Waals surface area (Å²) in [6.07, 6.45) is 17.8. The zero-order valence-corrected chi connectivity index (χ0v) is 14.7. The summed E-state index contributed by atoms with van der Waals surface area (Å²) in [5.74, 6) is 8.00. The number of allylic oxidation sites excluding steroid dienone is 3. The summed E-state index contributed by atoms with van der Waals surface area (Å²) < 4.78 is 0. The van der Waals surface area contributed by atoms with Crippen LogP contribution in [-0.2, 0) is 6.42 Å². The van der Waals surface area contributed by atoms with Gasteiger partial charge in [-0.05, 0) is 73.3 Å². The summed E-state index contributed by atoms with van der Waals surface area (Å²) in [6, 6.07) is 8.67. The average Bonchev–Trinajstić information content (AvgIpc) is 2.60. The van der Waals surface area contributed by atoms with Crippen molar-refractivity contribution in [1.29, 1.82) is 0 Å². The van der Waals surface area contributed by atoms with E-state index in [1.807, 2.05) is 6.08 Å². The van der Waals surface area contributed by atoms with Crippen LogP contribution >= 0.6 is 0 Å². The summed E-state index contributed by atoms with van der Waals surface area (Å²) in [5, 5.41) is 0. The van der Waals surface area contributed by atoms with E-state index in [0.717, 1.165) is 18.3 Å². The highest BCUT2D eigenvalue weighted by molar-refractivity contribution is 5.53. The summed E-state index contributed by atoms with van der Waals surface area (Å²) in [7, 11) is 0. The fourth-order valence-corrected chi connectivity index (χ4v) is 3.36. The lowest BCUT2D eigenvalue weighted by atomic mass is 9.80. The largest absolute Gasteiger partial charge is 0.0730 e. The van der Waals surface area contributed by atoms with Gasteiger partial charge in [-0.25, -0.2) is 0 Å². The number of aryl methyl sites for hydroxylation is 1. The van der Waals surface area contributed by atoms with Crippen molar-refractivity contribution in [3.8, 4) is 11.8 Å². The molecule has 122 valence electrons. The van der Waals surface area contributed by atoms with Gasteiger partial charge in [0.15, 0.2) is 0 Å². The molecule has 1 aromatic rings. The van der Waals surface area contributed by atoms with E-state index in [1.165, 1.54) is 49.7 Å². The molecule has 1 aromatic carbocycles. The van der Waals surface area contributed by atoms with Gasteiger partial charge >= 0.3 is 0 Å². The zero-order valence-electron chi connectivity index (χ0n) is 14.7. The van der Waals surface area contributed by atoms with Crippen LogP contribution in [0.5, 0.6) is 0 Å². The highest BCUT2D eigenvalue weighted by Crippen LogP contribution is 2.31. The standard InChI is InChI=1S/C23H30/c1-3-9-21-16-18-23(19-17-21)11-8-6-5-7-10-22-14-12-20(4-2)13-15-22/h7-8,10-15,21,23H,3-4,9,16-19H2,1-2H3. The van der Waals surface area contributed by atoms with Gasteiger partial charge < -0.3 is 0 Å². The van der Waals surface area contributed by atoms with Crippen LogP contribution in [0.15, 0.2) is 42.5 Å². The van der Waals surface area contributed by atoms with E-state index in [0.29, 0.717) is 0 Å². The minimum absolute atomic E-state index is 0.753. The Balaban J connectivity index is 1.73. The Labute approximate surface area is 142 Å². The zero-order chi connectivity index (χ0) is 16.3. The van der Waals surface area contributed by atoms with E-state index >= 15 is 0 Å². The highest BCUT2D eigenvalue weighted by atomic mass is 14.2. The molecule has 23 heavy (non-hydrogen) atoms. The van der Waals surface area contributed by atoms with Gasteiger partial charge in [0.05, 0.1) is 0 Å². The Morgan fingerprint density at radius 1 is 0.957 bits per heavy atom. The monoisotopic (exact) mass is 306 g/mol. The first-order chi connectivity index (χ1) is 11.3. The molecule has 1 aliphatic carbocycles. The first kappa shape index (κ1) is 17.6. The van der Waals surface area contributed by atoms with Gasteiger partial charge in [-0.15, -0.1) is 0 Å². The van der Waals surface area contributed by atoms with E-state index in [-0.39, 0.29) is 0 Å². The van der Waals surface area contributed by atoms with Crippen molar-refractivity contribution in [3.63, 3.8) is 0 Å². The molecule has 0 N–H and O–H groups in total. The van der Waals surface area contributed by atoms with Gasteiger partial charge in [-0.1, -0.05) is 68.9 Å². The Hall–Kier alpha value is -1.74. The van der Waals surface area contributed by atoms with Gasteiger partial charge in [-0.2, -0.15) is 0 Å². The SMILES string of the molecule is CCCC1CCC(C=CC#CC=Cc2ccc(CC)cc2)CC1. The van der Waals surface area contributed by atoms with Crippen LogP contribution in [-0.4, -0.2) is 0 Å². The lowest BCUT2D eigenvalue weighted by Crippen LogP contribution is -2.12. The third kappa shape index (κ3) is 6.49. The molecule has 0 bridgehead atoms. The molecule has 1 aliphatic rings. The summed E-state index contributed by atoms with van der Waals surface area (Å²) in [4.78, 5) is 0. The fraction of sp³-hybridized carbons (Fsp3) is 0.478. The van der Waals surface area contributed by atoms with Crippen LogP contribution in [0.3, 0.4) is 0 Å². The number of benzene rings is 1. The normalized spacial score (nSPS) is 21.5. The molecule has 0 spiro atoms. The summed E-state index contributed by atoms with van der Waals surface area (Å²) in [5.41, 5.74) is 2.60. The van der Waals surface area contributed by atoms with Gasteiger partial charge in [0.2, 0.25) is 0 Å². The predicted molar refractivity (Wildman–Crippen MR) is 102 cm³/mol. The minimum Gasteiger partial charge on any atom is -0.0730 e. The van der Waals surface area contributed by atoms with Crippen molar-refractivity contribution in [2.75, 3.05) is 0 Å². The van der Waals surface area contributed by atoms with E-state index < -0.39 is 0 Å². The second kappa shape index (κ2) is 10.1. The second-order valence-electron chi connectivity index (χ2n) is 6.65. The molecule has 0 unspecified atom stereocenters. The molecule has 0 aliphatic heterocycles. The number of hydrogen-bond acceptors (Lipinski definition) is 0. The average molecular weight is 306 g/mol. The van der Waals surface area contributed by atoms with E-state index in [1.54, 1.807) is 0 Å². The molecule has 0 heterocycles. The predicted octanol–water partition coefficient (Wildman–Crippen LogP) is 6.43.